The van der Waals surface area contributed by atoms with Crippen LogP contribution in [0.3, 0.4) is 0 Å². The van der Waals surface area contributed by atoms with Crippen LogP contribution >= 0.6 is 11.3 Å². The molecule has 1 N–H and O–H groups in total. The molecule has 6 heteroatoms. The molecule has 1 amide bonds. The number of benzene rings is 1. The maximum absolute atomic E-state index is 12.5. The number of pyridine rings is 1. The third-order valence-electron chi connectivity index (χ3n) is 4.46. The molecule has 0 fully saturated rings. The average molecular weight is 382 g/mol. The topological polar surface area (TPSA) is 72.0 Å². The van der Waals surface area contributed by atoms with Crippen LogP contribution in [0.25, 0.3) is 10.2 Å². The Morgan fingerprint density at radius 3 is 2.70 bits per heavy atom. The zero-order valence-corrected chi connectivity index (χ0v) is 16.6. The molecule has 3 aromatic rings. The van der Waals surface area contributed by atoms with Crippen molar-refractivity contribution in [2.45, 2.75) is 46.1 Å². The number of fused-ring (bicyclic) bond motifs is 1. The quantitative estimate of drug-likeness (QED) is 0.618. The van der Waals surface area contributed by atoms with Crippen LogP contribution in [0.5, 0.6) is 0 Å². The Kier molecular flexibility index (Phi) is 5.96. The summed E-state index contributed by atoms with van der Waals surface area (Å²) in [6.07, 6.45) is 1.83. The number of nitrogens with one attached hydrogen (secondary N) is 1. The fourth-order valence-electron chi connectivity index (χ4n) is 2.74. The Labute approximate surface area is 162 Å². The van der Waals surface area contributed by atoms with Gasteiger partial charge in [0.05, 0.1) is 15.2 Å². The molecule has 0 aliphatic heterocycles. The molecule has 2 aromatic heterocycles. The molecule has 3 rings (SSSR count). The van der Waals surface area contributed by atoms with E-state index in [2.05, 4.69) is 21.4 Å². The van der Waals surface area contributed by atoms with Gasteiger partial charge in [0.15, 0.2) is 5.78 Å². The largest absolute Gasteiger partial charge is 0.348 e. The number of carbonyl (C=O) groups is 2. The molecule has 0 saturated carbocycles. The van der Waals surface area contributed by atoms with Crippen LogP contribution in [0.15, 0.2) is 36.4 Å². The second-order valence-electron chi connectivity index (χ2n) is 6.65. The Morgan fingerprint density at radius 2 is 1.93 bits per heavy atom. The first-order valence-corrected chi connectivity index (χ1v) is 9.95. The lowest BCUT2D eigenvalue weighted by Gasteiger charge is -2.11. The normalized spacial score (nSPS) is 12.1. The minimum absolute atomic E-state index is 0.0613. The third kappa shape index (κ3) is 4.77. The molecule has 1 aromatic carbocycles. The second kappa shape index (κ2) is 8.39. The van der Waals surface area contributed by atoms with Crippen LogP contribution in [0.2, 0.25) is 0 Å². The summed E-state index contributed by atoms with van der Waals surface area (Å²) in [5, 5.41) is 3.91. The van der Waals surface area contributed by atoms with E-state index in [0.29, 0.717) is 18.5 Å². The van der Waals surface area contributed by atoms with Gasteiger partial charge in [0, 0.05) is 12.5 Å². The predicted octanol–water partition coefficient (Wildman–Crippen LogP) is 4.34. The van der Waals surface area contributed by atoms with Gasteiger partial charge >= 0.3 is 0 Å². The highest BCUT2D eigenvalue weighted by Gasteiger charge is 2.14. The van der Waals surface area contributed by atoms with Gasteiger partial charge in [0.25, 0.3) is 5.91 Å². The number of thiazole rings is 1. The van der Waals surface area contributed by atoms with Crippen molar-refractivity contribution in [1.29, 1.82) is 0 Å². The van der Waals surface area contributed by atoms with Crippen LogP contribution in [-0.4, -0.2) is 27.7 Å². The fourth-order valence-corrected chi connectivity index (χ4v) is 3.63. The Bertz CT molecular complexity index is 980. The molecule has 0 spiro atoms. The van der Waals surface area contributed by atoms with Crippen molar-refractivity contribution in [3.05, 3.63) is 58.4 Å². The van der Waals surface area contributed by atoms with E-state index in [0.717, 1.165) is 27.2 Å². The molecule has 2 heterocycles. The molecule has 1 atom stereocenters. The van der Waals surface area contributed by atoms with Crippen molar-refractivity contribution in [2.24, 2.45) is 0 Å². The van der Waals surface area contributed by atoms with Gasteiger partial charge in [-0.2, -0.15) is 0 Å². The number of carbonyl (C=O) groups excluding carboxylic acids is 2. The molecule has 0 bridgehead atoms. The number of ketones is 1. The summed E-state index contributed by atoms with van der Waals surface area (Å²) in [5.41, 5.74) is 2.71. The first kappa shape index (κ1) is 19.2. The van der Waals surface area contributed by atoms with Crippen molar-refractivity contribution in [2.75, 3.05) is 0 Å². The van der Waals surface area contributed by atoms with E-state index >= 15 is 0 Å². The lowest BCUT2D eigenvalue weighted by Crippen LogP contribution is -2.32. The van der Waals surface area contributed by atoms with Gasteiger partial charge in [-0.1, -0.05) is 19.1 Å². The van der Waals surface area contributed by atoms with Crippen LogP contribution in [0.1, 0.15) is 58.2 Å². The van der Waals surface area contributed by atoms with Crippen LogP contribution < -0.4 is 5.32 Å². The van der Waals surface area contributed by atoms with E-state index in [-0.39, 0.29) is 23.4 Å². The highest BCUT2D eigenvalue weighted by Crippen LogP contribution is 2.23. The highest BCUT2D eigenvalue weighted by atomic mass is 32.1. The van der Waals surface area contributed by atoms with Gasteiger partial charge in [-0.05, 0) is 56.5 Å². The number of amides is 1. The summed E-state index contributed by atoms with van der Waals surface area (Å²) < 4.78 is 1.14. The number of Topliss-reactive ketones (excluding diaryl/α,β-unsaturated/α-hetero) is 1. The van der Waals surface area contributed by atoms with Crippen molar-refractivity contribution < 1.29 is 9.59 Å². The first-order chi connectivity index (χ1) is 13.0. The molecule has 0 unspecified atom stereocenters. The maximum atomic E-state index is 12.5. The summed E-state index contributed by atoms with van der Waals surface area (Å²) in [4.78, 5) is 33.4. The molecular weight excluding hydrogens is 358 g/mol. The summed E-state index contributed by atoms with van der Waals surface area (Å²) >= 11 is 1.66. The second-order valence-corrected chi connectivity index (χ2v) is 7.88. The van der Waals surface area contributed by atoms with E-state index < -0.39 is 0 Å². The molecule has 5 nitrogen and oxygen atoms in total. The van der Waals surface area contributed by atoms with Crippen LogP contribution in [-0.2, 0) is 6.42 Å². The van der Waals surface area contributed by atoms with E-state index in [9.17, 15) is 9.59 Å². The van der Waals surface area contributed by atoms with Crippen LogP contribution in [0.4, 0.5) is 0 Å². The van der Waals surface area contributed by atoms with Gasteiger partial charge in [-0.25, -0.2) is 9.97 Å². The molecule has 0 radical (unpaired) electrons. The molecule has 140 valence electrons. The summed E-state index contributed by atoms with van der Waals surface area (Å²) in [6, 6.07) is 11.2. The molecule has 0 saturated heterocycles. The summed E-state index contributed by atoms with van der Waals surface area (Å²) in [7, 11) is 0. The SMILES string of the molecule is CC[C@@H](C)NC(=O)c1cccc(C(=O)CCc2ccc3nc(C)sc3c2)n1. The first-order valence-electron chi connectivity index (χ1n) is 9.13. The van der Waals surface area contributed by atoms with E-state index in [4.69, 9.17) is 0 Å². The fraction of sp³-hybridized carbons (Fsp3) is 0.333. The zero-order chi connectivity index (χ0) is 19.4. The van der Waals surface area contributed by atoms with Crippen molar-refractivity contribution >= 4 is 33.2 Å². The van der Waals surface area contributed by atoms with Crippen molar-refractivity contribution in [3.63, 3.8) is 0 Å². The summed E-state index contributed by atoms with van der Waals surface area (Å²) in [5.74, 6) is -0.307. The molecule has 0 aliphatic rings. The van der Waals surface area contributed by atoms with Gasteiger partial charge in [-0.3, -0.25) is 9.59 Å². The zero-order valence-electron chi connectivity index (χ0n) is 15.8. The van der Waals surface area contributed by atoms with Gasteiger partial charge in [0.1, 0.15) is 11.4 Å². The standard InChI is InChI=1S/C21H23N3O2S/c1-4-13(2)22-21(26)18-7-5-6-16(24-18)19(25)11-9-15-8-10-17-20(12-15)27-14(3)23-17/h5-8,10,12-13H,4,9,11H2,1-3H3,(H,22,26)/t13-/m1/s1. The number of aryl methyl sites for hydroxylation is 2. The van der Waals surface area contributed by atoms with Gasteiger partial charge in [-0.15, -0.1) is 11.3 Å². The van der Waals surface area contributed by atoms with E-state index in [1.807, 2.05) is 32.9 Å². The molecule has 27 heavy (non-hydrogen) atoms. The minimum Gasteiger partial charge on any atom is -0.348 e. The minimum atomic E-state index is -0.245. The Balaban J connectivity index is 1.66. The van der Waals surface area contributed by atoms with Crippen molar-refractivity contribution in [1.82, 2.24) is 15.3 Å². The van der Waals surface area contributed by atoms with E-state index in [1.54, 1.807) is 29.5 Å². The number of rotatable bonds is 7. The maximum Gasteiger partial charge on any atom is 0.270 e. The third-order valence-corrected chi connectivity index (χ3v) is 5.39. The Morgan fingerprint density at radius 1 is 1.15 bits per heavy atom. The van der Waals surface area contributed by atoms with Gasteiger partial charge < -0.3 is 5.32 Å². The van der Waals surface area contributed by atoms with Crippen molar-refractivity contribution in [3.8, 4) is 0 Å². The highest BCUT2D eigenvalue weighted by molar-refractivity contribution is 7.18. The molecular formula is C21H23N3O2S. The number of aromatic nitrogens is 2. The lowest BCUT2D eigenvalue weighted by molar-refractivity contribution is 0.0934. The number of hydrogen-bond acceptors (Lipinski definition) is 5. The van der Waals surface area contributed by atoms with E-state index in [1.165, 1.54) is 0 Å². The number of hydrogen-bond donors (Lipinski definition) is 1. The molecule has 0 aliphatic carbocycles. The summed E-state index contributed by atoms with van der Waals surface area (Å²) in [6.45, 7) is 5.93. The lowest BCUT2D eigenvalue weighted by atomic mass is 10.1. The smallest absolute Gasteiger partial charge is 0.270 e. The monoisotopic (exact) mass is 381 g/mol. The average Bonchev–Trinajstić information content (AvgIpc) is 3.05. The van der Waals surface area contributed by atoms with Gasteiger partial charge in [0.2, 0.25) is 0 Å². The Hall–Kier alpha value is -2.60. The predicted molar refractivity (Wildman–Crippen MR) is 108 cm³/mol. The number of nitrogens with zero attached hydrogens (tertiary/aromatic N) is 2. The van der Waals surface area contributed by atoms with Crippen LogP contribution in [0, 0.1) is 6.92 Å².